The molecule has 0 saturated heterocycles. The van der Waals surface area contributed by atoms with Crippen LogP contribution in [0.3, 0.4) is 0 Å². The quantitative estimate of drug-likeness (QED) is 0.690. The van der Waals surface area contributed by atoms with E-state index in [1.54, 1.807) is 7.11 Å². The first kappa shape index (κ1) is 17.6. The van der Waals surface area contributed by atoms with Gasteiger partial charge in [0.1, 0.15) is 0 Å². The molecule has 1 aromatic carbocycles. The van der Waals surface area contributed by atoms with Gasteiger partial charge in [0.15, 0.2) is 0 Å². The number of ether oxygens (including phenoxy) is 1. The van der Waals surface area contributed by atoms with Gasteiger partial charge >= 0.3 is 0 Å². The van der Waals surface area contributed by atoms with Crippen LogP contribution in [-0.2, 0) is 16.1 Å². The SMILES string of the molecule is CCN(CCCC(=O)Nc1ccccc1CN)CCOC. The van der Waals surface area contributed by atoms with E-state index in [9.17, 15) is 4.79 Å². The first-order valence-electron chi connectivity index (χ1n) is 7.50. The van der Waals surface area contributed by atoms with E-state index in [-0.39, 0.29) is 5.91 Å². The highest BCUT2D eigenvalue weighted by atomic mass is 16.5. The van der Waals surface area contributed by atoms with Crippen molar-refractivity contribution in [3.8, 4) is 0 Å². The summed E-state index contributed by atoms with van der Waals surface area (Å²) in [6, 6.07) is 7.64. The highest BCUT2D eigenvalue weighted by Crippen LogP contribution is 2.14. The second-order valence-electron chi connectivity index (χ2n) is 4.94. The van der Waals surface area contributed by atoms with Gasteiger partial charge in [-0.05, 0) is 31.1 Å². The van der Waals surface area contributed by atoms with Gasteiger partial charge in [0.2, 0.25) is 5.91 Å². The number of likely N-dealkylation sites (N-methyl/N-ethyl adjacent to an activating group) is 1. The van der Waals surface area contributed by atoms with Gasteiger partial charge in [0, 0.05) is 32.3 Å². The summed E-state index contributed by atoms with van der Waals surface area (Å²) in [6.07, 6.45) is 1.36. The van der Waals surface area contributed by atoms with Crippen LogP contribution in [0.15, 0.2) is 24.3 Å². The number of benzene rings is 1. The number of hydrogen-bond acceptors (Lipinski definition) is 4. The van der Waals surface area contributed by atoms with Crippen molar-refractivity contribution in [1.29, 1.82) is 0 Å². The predicted molar refractivity (Wildman–Crippen MR) is 86.2 cm³/mol. The van der Waals surface area contributed by atoms with Gasteiger partial charge in [0.25, 0.3) is 0 Å². The largest absolute Gasteiger partial charge is 0.383 e. The zero-order chi connectivity index (χ0) is 15.5. The topological polar surface area (TPSA) is 67.6 Å². The summed E-state index contributed by atoms with van der Waals surface area (Å²) in [6.45, 7) is 6.06. The Morgan fingerprint density at radius 3 is 2.76 bits per heavy atom. The number of carbonyl (C=O) groups is 1. The average Bonchev–Trinajstić information content (AvgIpc) is 2.51. The Balaban J connectivity index is 2.33. The number of nitrogens with two attached hydrogens (primary N) is 1. The molecule has 0 bridgehead atoms. The summed E-state index contributed by atoms with van der Waals surface area (Å²) < 4.78 is 5.07. The highest BCUT2D eigenvalue weighted by molar-refractivity contribution is 5.91. The van der Waals surface area contributed by atoms with Gasteiger partial charge in [-0.3, -0.25) is 4.79 Å². The van der Waals surface area contributed by atoms with Crippen molar-refractivity contribution in [3.05, 3.63) is 29.8 Å². The minimum atomic E-state index is 0.0405. The van der Waals surface area contributed by atoms with E-state index in [0.717, 1.165) is 43.9 Å². The average molecular weight is 293 g/mol. The van der Waals surface area contributed by atoms with Gasteiger partial charge < -0.3 is 20.7 Å². The summed E-state index contributed by atoms with van der Waals surface area (Å²) in [4.78, 5) is 14.3. The minimum absolute atomic E-state index is 0.0405. The second kappa shape index (κ2) is 10.3. The number of hydrogen-bond donors (Lipinski definition) is 2. The van der Waals surface area contributed by atoms with E-state index in [2.05, 4.69) is 17.1 Å². The molecule has 0 aromatic heterocycles. The molecule has 5 nitrogen and oxygen atoms in total. The maximum absolute atomic E-state index is 12.0. The van der Waals surface area contributed by atoms with Gasteiger partial charge in [-0.2, -0.15) is 0 Å². The molecule has 0 radical (unpaired) electrons. The van der Waals surface area contributed by atoms with Crippen LogP contribution in [-0.4, -0.2) is 44.2 Å². The Morgan fingerprint density at radius 1 is 1.33 bits per heavy atom. The van der Waals surface area contributed by atoms with Crippen LogP contribution >= 0.6 is 0 Å². The first-order valence-corrected chi connectivity index (χ1v) is 7.50. The van der Waals surface area contributed by atoms with Crippen molar-refractivity contribution >= 4 is 11.6 Å². The number of methoxy groups -OCH3 is 1. The summed E-state index contributed by atoms with van der Waals surface area (Å²) in [5.74, 6) is 0.0405. The van der Waals surface area contributed by atoms with Crippen molar-refractivity contribution in [3.63, 3.8) is 0 Å². The number of carbonyl (C=O) groups excluding carboxylic acids is 1. The van der Waals surface area contributed by atoms with Gasteiger partial charge in [-0.25, -0.2) is 0 Å². The molecule has 1 amide bonds. The fourth-order valence-electron chi connectivity index (χ4n) is 2.14. The Bertz CT molecular complexity index is 424. The molecule has 0 unspecified atom stereocenters. The second-order valence-corrected chi connectivity index (χ2v) is 4.94. The van der Waals surface area contributed by atoms with Crippen LogP contribution < -0.4 is 11.1 Å². The fourth-order valence-corrected chi connectivity index (χ4v) is 2.14. The zero-order valence-electron chi connectivity index (χ0n) is 13.1. The van der Waals surface area contributed by atoms with E-state index < -0.39 is 0 Å². The zero-order valence-corrected chi connectivity index (χ0v) is 13.1. The molecule has 0 fully saturated rings. The number of para-hydroxylation sites is 1. The van der Waals surface area contributed by atoms with Crippen LogP contribution in [0.1, 0.15) is 25.3 Å². The lowest BCUT2D eigenvalue weighted by Gasteiger charge is -2.19. The predicted octanol–water partition coefficient (Wildman–Crippen LogP) is 1.83. The number of nitrogens with one attached hydrogen (secondary N) is 1. The Hall–Kier alpha value is -1.43. The lowest BCUT2D eigenvalue weighted by molar-refractivity contribution is -0.116. The van der Waals surface area contributed by atoms with Crippen molar-refractivity contribution in [2.75, 3.05) is 38.7 Å². The molecule has 0 aliphatic rings. The Labute approximate surface area is 127 Å². The van der Waals surface area contributed by atoms with E-state index in [4.69, 9.17) is 10.5 Å². The van der Waals surface area contributed by atoms with Crippen molar-refractivity contribution in [2.24, 2.45) is 5.73 Å². The molecule has 0 aliphatic heterocycles. The Morgan fingerprint density at radius 2 is 2.10 bits per heavy atom. The van der Waals surface area contributed by atoms with Gasteiger partial charge in [-0.15, -0.1) is 0 Å². The molecule has 1 rings (SSSR count). The summed E-state index contributed by atoms with van der Waals surface area (Å²) in [5.41, 5.74) is 7.44. The first-order chi connectivity index (χ1) is 10.2. The summed E-state index contributed by atoms with van der Waals surface area (Å²) >= 11 is 0. The van der Waals surface area contributed by atoms with Crippen LogP contribution in [0.4, 0.5) is 5.69 Å². The third-order valence-electron chi connectivity index (χ3n) is 3.45. The van der Waals surface area contributed by atoms with Crippen LogP contribution in [0.5, 0.6) is 0 Å². The maximum Gasteiger partial charge on any atom is 0.224 e. The standard InChI is InChI=1S/C16H27N3O2/c1-3-19(11-12-21-2)10-6-9-16(20)18-15-8-5-4-7-14(15)13-17/h4-5,7-8H,3,6,9-13,17H2,1-2H3,(H,18,20). The maximum atomic E-state index is 12.0. The van der Waals surface area contributed by atoms with Crippen molar-refractivity contribution in [1.82, 2.24) is 4.90 Å². The minimum Gasteiger partial charge on any atom is -0.383 e. The molecule has 118 valence electrons. The van der Waals surface area contributed by atoms with Crippen LogP contribution in [0.25, 0.3) is 0 Å². The van der Waals surface area contributed by atoms with Gasteiger partial charge in [-0.1, -0.05) is 25.1 Å². The molecular weight excluding hydrogens is 266 g/mol. The summed E-state index contributed by atoms with van der Waals surface area (Å²) in [7, 11) is 1.70. The third kappa shape index (κ3) is 6.71. The Kier molecular flexibility index (Phi) is 8.66. The lowest BCUT2D eigenvalue weighted by Crippen LogP contribution is -2.29. The highest BCUT2D eigenvalue weighted by Gasteiger charge is 2.07. The smallest absolute Gasteiger partial charge is 0.224 e. The molecule has 5 heteroatoms. The van der Waals surface area contributed by atoms with Crippen molar-refractivity contribution in [2.45, 2.75) is 26.3 Å². The van der Waals surface area contributed by atoms with Crippen LogP contribution in [0, 0.1) is 0 Å². The number of amides is 1. The number of nitrogens with zero attached hydrogens (tertiary/aromatic N) is 1. The lowest BCUT2D eigenvalue weighted by atomic mass is 10.1. The molecule has 0 atom stereocenters. The molecular formula is C16H27N3O2. The fraction of sp³-hybridized carbons (Fsp3) is 0.562. The molecule has 0 heterocycles. The van der Waals surface area contributed by atoms with Crippen LogP contribution in [0.2, 0.25) is 0 Å². The molecule has 0 spiro atoms. The monoisotopic (exact) mass is 293 g/mol. The molecule has 0 aliphatic carbocycles. The van der Waals surface area contributed by atoms with E-state index in [0.29, 0.717) is 13.0 Å². The van der Waals surface area contributed by atoms with E-state index in [1.165, 1.54) is 0 Å². The third-order valence-corrected chi connectivity index (χ3v) is 3.45. The molecule has 3 N–H and O–H groups in total. The van der Waals surface area contributed by atoms with E-state index >= 15 is 0 Å². The number of anilines is 1. The molecule has 0 saturated carbocycles. The summed E-state index contributed by atoms with van der Waals surface area (Å²) in [5, 5.41) is 2.93. The molecule has 1 aromatic rings. The molecule has 21 heavy (non-hydrogen) atoms. The van der Waals surface area contributed by atoms with Crippen molar-refractivity contribution < 1.29 is 9.53 Å². The number of rotatable bonds is 10. The van der Waals surface area contributed by atoms with Gasteiger partial charge in [0.05, 0.1) is 6.61 Å². The van der Waals surface area contributed by atoms with E-state index in [1.807, 2.05) is 24.3 Å². The normalized spacial score (nSPS) is 10.9.